The van der Waals surface area contributed by atoms with E-state index in [1.54, 1.807) is 30.5 Å². The number of rotatable bonds is 16. The van der Waals surface area contributed by atoms with Crippen molar-refractivity contribution in [3.05, 3.63) is 106 Å². The zero-order valence-electron chi connectivity index (χ0n) is 26.1. The maximum Gasteiger partial charge on any atom is 0.254 e. The van der Waals surface area contributed by atoms with Crippen LogP contribution in [-0.2, 0) is 22.5 Å². The van der Waals surface area contributed by atoms with Crippen LogP contribution in [0, 0.1) is 6.92 Å². The first-order valence-corrected chi connectivity index (χ1v) is 15.9. The lowest BCUT2D eigenvalue weighted by Gasteiger charge is -2.28. The van der Waals surface area contributed by atoms with Gasteiger partial charge >= 0.3 is 0 Å². The van der Waals surface area contributed by atoms with E-state index in [9.17, 15) is 9.59 Å². The number of nitrogens with zero attached hydrogens (tertiary/aromatic N) is 2. The average molecular weight is 615 g/mol. The van der Waals surface area contributed by atoms with E-state index >= 15 is 0 Å². The molecule has 0 saturated heterocycles. The van der Waals surface area contributed by atoms with Crippen LogP contribution in [0.3, 0.4) is 0 Å². The fourth-order valence-electron chi connectivity index (χ4n) is 4.97. The molecule has 0 fully saturated rings. The number of ether oxygens (including phenoxy) is 3. The van der Waals surface area contributed by atoms with Gasteiger partial charge in [-0.25, -0.2) is 0 Å². The number of carbonyl (C=O) groups excluding carboxylic acids is 2. The Hall–Kier alpha value is -4.14. The normalized spacial score (nSPS) is 10.8. The molecular weight excluding hydrogens is 572 g/mol. The second-order valence-electron chi connectivity index (χ2n) is 10.5. The van der Waals surface area contributed by atoms with Gasteiger partial charge in [-0.05, 0) is 84.7 Å². The molecule has 0 saturated carbocycles. The number of amides is 2. The van der Waals surface area contributed by atoms with Gasteiger partial charge < -0.3 is 24.0 Å². The molecule has 0 unspecified atom stereocenters. The number of aryl methyl sites for hydroxylation is 1. The highest BCUT2D eigenvalue weighted by Gasteiger charge is 2.23. The zero-order valence-corrected chi connectivity index (χ0v) is 26.9. The minimum Gasteiger partial charge on any atom is -0.493 e. The van der Waals surface area contributed by atoms with E-state index in [-0.39, 0.29) is 18.4 Å². The van der Waals surface area contributed by atoms with Crippen molar-refractivity contribution in [3.63, 3.8) is 0 Å². The fourth-order valence-corrected chi connectivity index (χ4v) is 5.89. The lowest BCUT2D eigenvalue weighted by atomic mass is 10.0. The molecule has 0 aliphatic heterocycles. The molecule has 2 amide bonds. The molecule has 0 aliphatic carbocycles. The summed E-state index contributed by atoms with van der Waals surface area (Å²) >= 11 is 1.64. The maximum absolute atomic E-state index is 14.0. The van der Waals surface area contributed by atoms with Crippen molar-refractivity contribution in [1.82, 2.24) is 9.80 Å². The van der Waals surface area contributed by atoms with Crippen molar-refractivity contribution in [1.29, 1.82) is 0 Å². The third-order valence-electron chi connectivity index (χ3n) is 7.55. The SMILES string of the molecule is CCOCCCN(CC(=O)N(CCc1ccc(OC)c(OC)c1)Cc1sccc1C)C(=O)c1ccc(-c2ccccc2)cc1. The summed E-state index contributed by atoms with van der Waals surface area (Å²) in [4.78, 5) is 32.4. The summed E-state index contributed by atoms with van der Waals surface area (Å²) in [6, 6.07) is 25.5. The monoisotopic (exact) mass is 614 g/mol. The highest BCUT2D eigenvalue weighted by Crippen LogP contribution is 2.28. The molecule has 4 rings (SSSR count). The number of hydrogen-bond donors (Lipinski definition) is 0. The topological polar surface area (TPSA) is 68.3 Å². The molecule has 8 heteroatoms. The molecule has 0 N–H and O–H groups in total. The third-order valence-corrected chi connectivity index (χ3v) is 8.55. The van der Waals surface area contributed by atoms with Gasteiger partial charge in [0.2, 0.25) is 5.91 Å². The van der Waals surface area contributed by atoms with Gasteiger partial charge in [-0.1, -0.05) is 48.5 Å². The smallest absolute Gasteiger partial charge is 0.254 e. The van der Waals surface area contributed by atoms with Gasteiger partial charge in [0, 0.05) is 36.7 Å². The molecule has 44 heavy (non-hydrogen) atoms. The fraction of sp³-hybridized carbons (Fsp3) is 0.333. The van der Waals surface area contributed by atoms with Crippen molar-refractivity contribution in [2.24, 2.45) is 0 Å². The van der Waals surface area contributed by atoms with Crippen LogP contribution in [0.5, 0.6) is 11.5 Å². The Morgan fingerprint density at radius 3 is 2.20 bits per heavy atom. The summed E-state index contributed by atoms with van der Waals surface area (Å²) in [5, 5.41) is 2.05. The highest BCUT2D eigenvalue weighted by atomic mass is 32.1. The van der Waals surface area contributed by atoms with E-state index in [1.165, 1.54) is 0 Å². The Labute approximate surface area is 265 Å². The Morgan fingerprint density at radius 1 is 0.818 bits per heavy atom. The summed E-state index contributed by atoms with van der Waals surface area (Å²) in [6.07, 6.45) is 1.28. The van der Waals surface area contributed by atoms with E-state index in [4.69, 9.17) is 14.2 Å². The molecule has 1 aromatic heterocycles. The van der Waals surface area contributed by atoms with Crippen LogP contribution >= 0.6 is 11.3 Å². The molecule has 1 heterocycles. The van der Waals surface area contributed by atoms with Gasteiger partial charge in [-0.2, -0.15) is 0 Å². The number of benzene rings is 3. The molecule has 7 nitrogen and oxygen atoms in total. The van der Waals surface area contributed by atoms with E-state index in [0.29, 0.717) is 62.8 Å². The van der Waals surface area contributed by atoms with Crippen molar-refractivity contribution in [3.8, 4) is 22.6 Å². The van der Waals surface area contributed by atoms with Crippen molar-refractivity contribution in [2.45, 2.75) is 33.2 Å². The molecular formula is C36H42N2O5S. The molecule has 0 atom stereocenters. The molecule has 0 aliphatic rings. The summed E-state index contributed by atoms with van der Waals surface area (Å²) in [6.45, 7) is 6.54. The maximum atomic E-state index is 14.0. The third kappa shape index (κ3) is 8.94. The van der Waals surface area contributed by atoms with E-state index in [0.717, 1.165) is 27.1 Å². The predicted molar refractivity (Wildman–Crippen MR) is 177 cm³/mol. The minimum absolute atomic E-state index is 0.0122. The van der Waals surface area contributed by atoms with Crippen molar-refractivity contribution < 1.29 is 23.8 Å². The summed E-state index contributed by atoms with van der Waals surface area (Å²) < 4.78 is 16.4. The van der Waals surface area contributed by atoms with Crippen molar-refractivity contribution >= 4 is 23.2 Å². The first-order chi connectivity index (χ1) is 21.4. The largest absolute Gasteiger partial charge is 0.493 e. The summed E-state index contributed by atoms with van der Waals surface area (Å²) in [7, 11) is 3.23. The second kappa shape index (κ2) is 16.6. The Kier molecular flexibility index (Phi) is 12.4. The van der Waals surface area contributed by atoms with Crippen LogP contribution in [-0.4, -0.2) is 68.7 Å². The zero-order chi connectivity index (χ0) is 31.3. The molecule has 0 radical (unpaired) electrons. The molecule has 0 bridgehead atoms. The Morgan fingerprint density at radius 2 is 1.55 bits per heavy atom. The molecule has 4 aromatic rings. The van der Waals surface area contributed by atoms with E-state index in [2.05, 4.69) is 13.0 Å². The van der Waals surface area contributed by atoms with E-state index < -0.39 is 0 Å². The van der Waals surface area contributed by atoms with Crippen LogP contribution in [0.25, 0.3) is 11.1 Å². The minimum atomic E-state index is -0.165. The van der Waals surface area contributed by atoms with Crippen LogP contribution in [0.4, 0.5) is 0 Å². The van der Waals surface area contributed by atoms with Crippen LogP contribution in [0.15, 0.2) is 84.2 Å². The van der Waals surface area contributed by atoms with Crippen LogP contribution < -0.4 is 9.47 Å². The van der Waals surface area contributed by atoms with Crippen LogP contribution in [0.1, 0.15) is 39.7 Å². The lowest BCUT2D eigenvalue weighted by molar-refractivity contribution is -0.132. The number of thiophene rings is 1. The van der Waals surface area contributed by atoms with Gasteiger partial charge in [0.05, 0.1) is 20.8 Å². The first-order valence-electron chi connectivity index (χ1n) is 15.0. The Balaban J connectivity index is 1.53. The molecule has 232 valence electrons. The number of methoxy groups -OCH3 is 2. The summed E-state index contributed by atoms with van der Waals surface area (Å²) in [5.41, 5.74) is 4.87. The quantitative estimate of drug-likeness (QED) is 0.129. The van der Waals surface area contributed by atoms with Gasteiger partial charge in [-0.3, -0.25) is 9.59 Å². The van der Waals surface area contributed by atoms with Gasteiger partial charge in [0.15, 0.2) is 11.5 Å². The molecule has 3 aromatic carbocycles. The average Bonchev–Trinajstić information content (AvgIpc) is 3.47. The van der Waals surface area contributed by atoms with E-state index in [1.807, 2.05) is 90.0 Å². The standard InChI is InChI=1S/C36H42N2O5S/c1-5-43-22-9-20-38(36(40)31-15-13-30(14-16-31)29-10-7-6-8-11-29)26-35(39)37(25-34-27(2)19-23-44-34)21-18-28-12-17-32(41-3)33(24-28)42-4/h6-8,10-17,19,23-24H,5,9,18,20-22,25-26H2,1-4H3. The highest BCUT2D eigenvalue weighted by molar-refractivity contribution is 7.10. The van der Waals surface area contributed by atoms with Crippen LogP contribution in [0.2, 0.25) is 0 Å². The van der Waals surface area contributed by atoms with Gasteiger partial charge in [0.1, 0.15) is 6.54 Å². The second-order valence-corrected chi connectivity index (χ2v) is 11.5. The number of hydrogen-bond acceptors (Lipinski definition) is 6. The van der Waals surface area contributed by atoms with Gasteiger partial charge in [-0.15, -0.1) is 11.3 Å². The first kappa shape index (κ1) is 32.8. The predicted octanol–water partition coefficient (Wildman–Crippen LogP) is 6.88. The molecule has 0 spiro atoms. The Bertz CT molecular complexity index is 1490. The summed E-state index contributed by atoms with van der Waals surface area (Å²) in [5.74, 6) is 1.06. The lowest BCUT2D eigenvalue weighted by Crippen LogP contribution is -2.44. The van der Waals surface area contributed by atoms with Gasteiger partial charge in [0.25, 0.3) is 5.91 Å². The van der Waals surface area contributed by atoms with Crippen molar-refractivity contribution in [2.75, 3.05) is 47.1 Å². The number of carbonyl (C=O) groups is 2.